The third kappa shape index (κ3) is 3.16. The number of thiophene rings is 1. The summed E-state index contributed by atoms with van der Waals surface area (Å²) in [6.45, 7) is 0.622. The molecule has 0 bridgehead atoms. The van der Waals surface area contributed by atoms with Gasteiger partial charge in [-0.05, 0) is 29.9 Å². The summed E-state index contributed by atoms with van der Waals surface area (Å²) in [4.78, 5) is 18.5. The van der Waals surface area contributed by atoms with Crippen molar-refractivity contribution in [1.82, 2.24) is 14.9 Å². The number of nitrogens with zero attached hydrogens (tertiary/aromatic N) is 2. The van der Waals surface area contributed by atoms with Gasteiger partial charge in [-0.1, -0.05) is 0 Å². The number of thioether (sulfide) groups is 1. The normalized spacial score (nSPS) is 13.7. The highest BCUT2D eigenvalue weighted by Crippen LogP contribution is 2.38. The quantitative estimate of drug-likeness (QED) is 0.739. The molecule has 24 heavy (non-hydrogen) atoms. The molecule has 1 aliphatic rings. The number of hydrogen-bond donors (Lipinski definition) is 1. The van der Waals surface area contributed by atoms with Crippen LogP contribution in [0.5, 0.6) is 0 Å². The molecule has 1 N–H and O–H groups in total. The van der Waals surface area contributed by atoms with Crippen LogP contribution < -0.4 is 5.32 Å². The highest BCUT2D eigenvalue weighted by Gasteiger charge is 2.26. The Hall–Kier alpha value is -1.57. The van der Waals surface area contributed by atoms with Gasteiger partial charge in [-0.15, -0.1) is 22.7 Å². The minimum atomic E-state index is 0.0413. The number of carbonyl (C=O) groups excluding carboxylic acids is 1. The Morgan fingerprint density at radius 2 is 2.21 bits per heavy atom. The second-order valence-electron chi connectivity index (χ2n) is 5.51. The van der Waals surface area contributed by atoms with E-state index in [4.69, 9.17) is 0 Å². The number of fused-ring (bicyclic) bond motifs is 1. The van der Waals surface area contributed by atoms with Gasteiger partial charge in [0.15, 0.2) is 0 Å². The smallest absolute Gasteiger partial charge is 0.254 e. The number of thiazole rings is 1. The van der Waals surface area contributed by atoms with Gasteiger partial charge in [0.1, 0.15) is 5.00 Å². The largest absolute Gasteiger partial charge is 0.352 e. The first-order valence-electron chi connectivity index (χ1n) is 7.85. The Kier molecular flexibility index (Phi) is 4.73. The van der Waals surface area contributed by atoms with Crippen molar-refractivity contribution in [3.05, 3.63) is 57.1 Å². The van der Waals surface area contributed by atoms with Crippen LogP contribution in [-0.4, -0.2) is 27.8 Å². The summed E-state index contributed by atoms with van der Waals surface area (Å²) < 4.78 is 2.06. The van der Waals surface area contributed by atoms with Gasteiger partial charge in [0.05, 0.1) is 10.6 Å². The lowest BCUT2D eigenvalue weighted by Crippen LogP contribution is -2.27. The fourth-order valence-electron chi connectivity index (χ4n) is 2.85. The molecule has 3 aromatic rings. The number of rotatable bonds is 5. The average Bonchev–Trinajstić information content (AvgIpc) is 3.34. The van der Waals surface area contributed by atoms with Crippen molar-refractivity contribution < 1.29 is 4.79 Å². The third-order valence-corrected chi connectivity index (χ3v) is 7.23. The van der Waals surface area contributed by atoms with Gasteiger partial charge in [0.25, 0.3) is 5.91 Å². The first kappa shape index (κ1) is 15.9. The second-order valence-corrected chi connectivity index (χ2v) is 8.68. The van der Waals surface area contributed by atoms with Crippen LogP contribution in [-0.2, 0) is 18.6 Å². The highest BCUT2D eigenvalue weighted by molar-refractivity contribution is 7.98. The maximum absolute atomic E-state index is 12.9. The van der Waals surface area contributed by atoms with E-state index in [1.165, 1.54) is 10.4 Å². The van der Waals surface area contributed by atoms with E-state index in [1.807, 2.05) is 41.7 Å². The summed E-state index contributed by atoms with van der Waals surface area (Å²) in [5, 5.41) is 7.16. The Labute approximate surface area is 152 Å². The zero-order valence-electron chi connectivity index (χ0n) is 13.0. The molecule has 4 rings (SSSR count). The van der Waals surface area contributed by atoms with Gasteiger partial charge in [0.2, 0.25) is 0 Å². The molecule has 0 spiro atoms. The minimum absolute atomic E-state index is 0.0413. The topological polar surface area (TPSA) is 46.9 Å². The number of aromatic nitrogens is 2. The standard InChI is InChI=1S/C17H17N3OS3/c21-16(19-5-3-14-18-6-10-23-14)15-12-4-9-22-11-13(12)24-17(15)20-7-1-2-8-20/h1-2,6-8,10H,3-5,9,11H2,(H,19,21). The van der Waals surface area contributed by atoms with Crippen molar-refractivity contribution in [2.75, 3.05) is 12.3 Å². The summed E-state index contributed by atoms with van der Waals surface area (Å²) in [5.74, 6) is 2.15. The molecule has 0 saturated carbocycles. The van der Waals surface area contributed by atoms with Crippen molar-refractivity contribution in [2.45, 2.75) is 18.6 Å². The molecule has 0 saturated heterocycles. The Balaban J connectivity index is 1.58. The van der Waals surface area contributed by atoms with Crippen molar-refractivity contribution in [3.63, 3.8) is 0 Å². The van der Waals surface area contributed by atoms with Crippen molar-refractivity contribution in [2.24, 2.45) is 0 Å². The molecule has 0 radical (unpaired) electrons. The number of hydrogen-bond acceptors (Lipinski definition) is 5. The molecular formula is C17H17N3OS3. The van der Waals surface area contributed by atoms with E-state index in [9.17, 15) is 4.79 Å². The van der Waals surface area contributed by atoms with Gasteiger partial charge in [-0.3, -0.25) is 4.79 Å². The molecule has 0 unspecified atom stereocenters. The molecule has 1 aliphatic heterocycles. The Morgan fingerprint density at radius 1 is 1.33 bits per heavy atom. The molecule has 0 aromatic carbocycles. The monoisotopic (exact) mass is 375 g/mol. The van der Waals surface area contributed by atoms with Crippen molar-refractivity contribution in [1.29, 1.82) is 0 Å². The average molecular weight is 376 g/mol. The van der Waals surface area contributed by atoms with Crippen LogP contribution in [0, 0.1) is 0 Å². The van der Waals surface area contributed by atoms with Crippen molar-refractivity contribution in [3.8, 4) is 5.00 Å². The van der Waals surface area contributed by atoms with Gasteiger partial charge in [-0.2, -0.15) is 11.8 Å². The van der Waals surface area contributed by atoms with E-state index in [0.717, 1.165) is 39.9 Å². The lowest BCUT2D eigenvalue weighted by molar-refractivity contribution is 0.0953. The molecule has 0 aliphatic carbocycles. The van der Waals surface area contributed by atoms with Crippen LogP contribution in [0.1, 0.15) is 25.8 Å². The molecule has 4 heterocycles. The fourth-order valence-corrected chi connectivity index (χ4v) is 5.92. The number of nitrogens with one attached hydrogen (secondary N) is 1. The van der Waals surface area contributed by atoms with Crippen LogP contribution >= 0.6 is 34.4 Å². The van der Waals surface area contributed by atoms with Crippen LogP contribution in [0.15, 0.2) is 36.1 Å². The second kappa shape index (κ2) is 7.13. The van der Waals surface area contributed by atoms with E-state index < -0.39 is 0 Å². The van der Waals surface area contributed by atoms with E-state index in [0.29, 0.717) is 6.54 Å². The fraction of sp³-hybridized carbons (Fsp3) is 0.294. The van der Waals surface area contributed by atoms with Gasteiger partial charge in [-0.25, -0.2) is 4.98 Å². The lowest BCUT2D eigenvalue weighted by atomic mass is 10.1. The summed E-state index contributed by atoms with van der Waals surface area (Å²) in [5.41, 5.74) is 2.11. The van der Waals surface area contributed by atoms with E-state index >= 15 is 0 Å². The van der Waals surface area contributed by atoms with E-state index in [1.54, 1.807) is 28.9 Å². The molecular weight excluding hydrogens is 358 g/mol. The van der Waals surface area contributed by atoms with Crippen molar-refractivity contribution >= 4 is 40.3 Å². The predicted octanol–water partition coefficient (Wildman–Crippen LogP) is 3.76. The number of amides is 1. The lowest BCUT2D eigenvalue weighted by Gasteiger charge is -2.13. The maximum atomic E-state index is 12.9. The summed E-state index contributed by atoms with van der Waals surface area (Å²) >= 11 is 5.33. The van der Waals surface area contributed by atoms with Gasteiger partial charge < -0.3 is 9.88 Å². The zero-order valence-corrected chi connectivity index (χ0v) is 15.5. The molecule has 124 valence electrons. The van der Waals surface area contributed by atoms with E-state index in [2.05, 4.69) is 14.9 Å². The Morgan fingerprint density at radius 3 is 3.00 bits per heavy atom. The molecule has 0 atom stereocenters. The van der Waals surface area contributed by atoms with Gasteiger partial charge >= 0.3 is 0 Å². The molecule has 0 fully saturated rings. The first-order chi connectivity index (χ1) is 11.8. The minimum Gasteiger partial charge on any atom is -0.352 e. The van der Waals surface area contributed by atoms with Crippen LogP contribution in [0.4, 0.5) is 0 Å². The van der Waals surface area contributed by atoms with Crippen LogP contribution in [0.2, 0.25) is 0 Å². The SMILES string of the molecule is O=C(NCCc1nccs1)c1c(-n2cccc2)sc2c1CCSC2. The molecule has 7 heteroatoms. The Bertz CT molecular complexity index is 822. The number of carbonyl (C=O) groups is 1. The molecule has 3 aromatic heterocycles. The predicted molar refractivity (Wildman–Crippen MR) is 102 cm³/mol. The zero-order chi connectivity index (χ0) is 16.4. The summed E-state index contributed by atoms with van der Waals surface area (Å²) in [6.07, 6.45) is 7.59. The third-order valence-electron chi connectivity index (χ3n) is 3.98. The van der Waals surface area contributed by atoms with Gasteiger partial charge in [0, 0.05) is 47.6 Å². The highest BCUT2D eigenvalue weighted by atomic mass is 32.2. The molecule has 1 amide bonds. The van der Waals surface area contributed by atoms with Crippen LogP contribution in [0.25, 0.3) is 5.00 Å². The summed E-state index contributed by atoms with van der Waals surface area (Å²) in [6, 6.07) is 4.00. The summed E-state index contributed by atoms with van der Waals surface area (Å²) in [7, 11) is 0. The van der Waals surface area contributed by atoms with E-state index in [-0.39, 0.29) is 5.91 Å². The van der Waals surface area contributed by atoms with Crippen LogP contribution in [0.3, 0.4) is 0 Å². The molecule has 4 nitrogen and oxygen atoms in total. The first-order valence-corrected chi connectivity index (χ1v) is 10.7. The maximum Gasteiger partial charge on any atom is 0.254 e.